The molecule has 0 N–H and O–H groups in total. The Morgan fingerprint density at radius 1 is 1.53 bits per heavy atom. The minimum atomic E-state index is -1.00. The van der Waals surface area contributed by atoms with E-state index in [0.717, 1.165) is 42.4 Å². The van der Waals surface area contributed by atoms with Crippen LogP contribution in [0, 0.1) is 0 Å². The zero-order chi connectivity index (χ0) is 12.4. The second kappa shape index (κ2) is 5.42. The molecule has 1 atom stereocenters. The molecule has 0 amide bonds. The van der Waals surface area contributed by atoms with E-state index in [2.05, 4.69) is 16.8 Å². The molecule has 0 aliphatic carbocycles. The standard InChI is InChI=1S/C12H20FN3S/c1-4-10-14-11-9(17-10)5-6-16(12(11)13)8-7-15(2)3/h12H,4-8H2,1-3H3. The van der Waals surface area contributed by atoms with E-state index in [1.54, 1.807) is 11.3 Å². The molecular weight excluding hydrogens is 237 g/mol. The molecule has 0 spiro atoms. The van der Waals surface area contributed by atoms with E-state index >= 15 is 0 Å². The summed E-state index contributed by atoms with van der Waals surface area (Å²) in [5.74, 6) is 0. The Hall–Kier alpha value is -0.520. The number of alkyl halides is 1. The Bertz CT molecular complexity index is 378. The maximum Gasteiger partial charge on any atom is 0.197 e. The molecule has 0 saturated carbocycles. The predicted octanol–water partition coefficient (Wildman–Crippen LogP) is 2.09. The van der Waals surface area contributed by atoms with Crippen molar-refractivity contribution < 1.29 is 4.39 Å². The lowest BCUT2D eigenvalue weighted by Crippen LogP contribution is -2.37. The van der Waals surface area contributed by atoms with Gasteiger partial charge in [0.25, 0.3) is 0 Å². The lowest BCUT2D eigenvalue weighted by atomic mass is 10.1. The average molecular weight is 257 g/mol. The van der Waals surface area contributed by atoms with Gasteiger partial charge in [-0.25, -0.2) is 9.37 Å². The van der Waals surface area contributed by atoms with E-state index in [4.69, 9.17) is 0 Å². The van der Waals surface area contributed by atoms with E-state index in [1.165, 1.54) is 0 Å². The SMILES string of the molecule is CCc1nc2c(s1)CCN(CCN(C)C)C2F. The number of fused-ring (bicyclic) bond motifs is 1. The predicted molar refractivity (Wildman–Crippen MR) is 69.2 cm³/mol. The molecule has 0 aromatic carbocycles. The van der Waals surface area contributed by atoms with Crippen molar-refractivity contribution in [3.63, 3.8) is 0 Å². The Morgan fingerprint density at radius 2 is 2.29 bits per heavy atom. The van der Waals surface area contributed by atoms with E-state index < -0.39 is 6.30 Å². The smallest absolute Gasteiger partial charge is 0.197 e. The molecule has 0 radical (unpaired) electrons. The highest BCUT2D eigenvalue weighted by Crippen LogP contribution is 2.33. The fourth-order valence-corrected chi connectivity index (χ4v) is 3.03. The Labute approximate surface area is 106 Å². The van der Waals surface area contributed by atoms with Crippen molar-refractivity contribution in [1.82, 2.24) is 14.8 Å². The minimum Gasteiger partial charge on any atom is -0.308 e. The molecule has 0 saturated heterocycles. The van der Waals surface area contributed by atoms with Crippen LogP contribution in [0.15, 0.2) is 0 Å². The summed E-state index contributed by atoms with van der Waals surface area (Å²) in [6, 6.07) is 0. The van der Waals surface area contributed by atoms with E-state index in [-0.39, 0.29) is 0 Å². The van der Waals surface area contributed by atoms with Crippen LogP contribution in [0.1, 0.15) is 28.8 Å². The van der Waals surface area contributed by atoms with Crippen molar-refractivity contribution in [3.05, 3.63) is 15.6 Å². The number of nitrogens with zero attached hydrogens (tertiary/aromatic N) is 3. The summed E-state index contributed by atoms with van der Waals surface area (Å²) in [6.45, 7) is 4.54. The first kappa shape index (κ1) is 12.9. The first-order chi connectivity index (χ1) is 8.11. The lowest BCUT2D eigenvalue weighted by Gasteiger charge is -2.30. The zero-order valence-electron chi connectivity index (χ0n) is 10.7. The van der Waals surface area contributed by atoms with Crippen LogP contribution in [0.4, 0.5) is 4.39 Å². The Balaban J connectivity index is 2.06. The van der Waals surface area contributed by atoms with Gasteiger partial charge in [-0.05, 0) is 26.9 Å². The molecule has 3 nitrogen and oxygen atoms in total. The normalized spacial score (nSPS) is 20.9. The number of likely N-dealkylation sites (N-methyl/N-ethyl adjacent to an activating group) is 1. The molecule has 5 heteroatoms. The van der Waals surface area contributed by atoms with Crippen molar-refractivity contribution >= 4 is 11.3 Å². The monoisotopic (exact) mass is 257 g/mol. The molecule has 1 aromatic rings. The topological polar surface area (TPSA) is 19.4 Å². The van der Waals surface area contributed by atoms with Gasteiger partial charge >= 0.3 is 0 Å². The molecule has 1 aliphatic heterocycles. The number of aryl methyl sites for hydroxylation is 1. The van der Waals surface area contributed by atoms with E-state index in [0.29, 0.717) is 5.69 Å². The fraction of sp³-hybridized carbons (Fsp3) is 0.750. The lowest BCUT2D eigenvalue weighted by molar-refractivity contribution is 0.0631. The molecular formula is C12H20FN3S. The summed E-state index contributed by atoms with van der Waals surface area (Å²) in [4.78, 5) is 9.54. The minimum absolute atomic E-state index is 0.678. The fourth-order valence-electron chi connectivity index (χ4n) is 2.02. The van der Waals surface area contributed by atoms with Gasteiger partial charge in [-0.15, -0.1) is 11.3 Å². The van der Waals surface area contributed by atoms with Crippen molar-refractivity contribution in [2.24, 2.45) is 0 Å². The summed E-state index contributed by atoms with van der Waals surface area (Å²) in [5, 5.41) is 1.06. The van der Waals surface area contributed by atoms with Crippen LogP contribution in [0.3, 0.4) is 0 Å². The third kappa shape index (κ3) is 2.84. The van der Waals surface area contributed by atoms with Crippen molar-refractivity contribution in [2.75, 3.05) is 33.7 Å². The van der Waals surface area contributed by atoms with Gasteiger partial charge in [-0.2, -0.15) is 0 Å². The van der Waals surface area contributed by atoms with Crippen molar-refractivity contribution in [1.29, 1.82) is 0 Å². The number of aromatic nitrogens is 1. The Morgan fingerprint density at radius 3 is 2.94 bits per heavy atom. The highest BCUT2D eigenvalue weighted by atomic mass is 32.1. The van der Waals surface area contributed by atoms with Crippen LogP contribution in [0.2, 0.25) is 0 Å². The quantitative estimate of drug-likeness (QED) is 0.770. The van der Waals surface area contributed by atoms with Gasteiger partial charge in [0.2, 0.25) is 0 Å². The number of hydrogen-bond donors (Lipinski definition) is 0. The first-order valence-electron chi connectivity index (χ1n) is 6.13. The van der Waals surface area contributed by atoms with Gasteiger partial charge in [-0.1, -0.05) is 6.92 Å². The molecule has 1 aliphatic rings. The molecule has 2 heterocycles. The van der Waals surface area contributed by atoms with Crippen LogP contribution >= 0.6 is 11.3 Å². The van der Waals surface area contributed by atoms with E-state index in [1.807, 2.05) is 19.0 Å². The molecule has 0 bridgehead atoms. The number of thiazole rings is 1. The maximum absolute atomic E-state index is 14.3. The van der Waals surface area contributed by atoms with Crippen LogP contribution < -0.4 is 0 Å². The molecule has 1 aromatic heterocycles. The highest BCUT2D eigenvalue weighted by molar-refractivity contribution is 7.11. The van der Waals surface area contributed by atoms with Crippen LogP contribution in [-0.2, 0) is 12.8 Å². The van der Waals surface area contributed by atoms with Crippen molar-refractivity contribution in [3.8, 4) is 0 Å². The van der Waals surface area contributed by atoms with Gasteiger partial charge in [0.05, 0.1) is 5.01 Å². The van der Waals surface area contributed by atoms with Gasteiger partial charge in [0.15, 0.2) is 6.30 Å². The van der Waals surface area contributed by atoms with Gasteiger partial charge in [0.1, 0.15) is 5.69 Å². The number of hydrogen-bond acceptors (Lipinski definition) is 4. The second-order valence-corrected chi connectivity index (χ2v) is 5.86. The van der Waals surface area contributed by atoms with Gasteiger partial charge in [-0.3, -0.25) is 4.90 Å². The second-order valence-electron chi connectivity index (χ2n) is 4.69. The summed E-state index contributed by atoms with van der Waals surface area (Å²) in [6.07, 6.45) is 0.846. The Kier molecular flexibility index (Phi) is 4.12. The first-order valence-corrected chi connectivity index (χ1v) is 6.94. The molecule has 0 fully saturated rings. The van der Waals surface area contributed by atoms with Crippen LogP contribution in [-0.4, -0.2) is 48.5 Å². The molecule has 1 unspecified atom stereocenters. The van der Waals surface area contributed by atoms with Gasteiger partial charge in [0, 0.05) is 24.5 Å². The third-order valence-electron chi connectivity index (χ3n) is 3.08. The largest absolute Gasteiger partial charge is 0.308 e. The number of rotatable bonds is 4. The van der Waals surface area contributed by atoms with Crippen LogP contribution in [0.5, 0.6) is 0 Å². The highest BCUT2D eigenvalue weighted by Gasteiger charge is 2.30. The summed E-state index contributed by atoms with van der Waals surface area (Å²) in [5.41, 5.74) is 0.678. The summed E-state index contributed by atoms with van der Waals surface area (Å²) in [7, 11) is 4.03. The molecule has 96 valence electrons. The zero-order valence-corrected chi connectivity index (χ0v) is 11.6. The summed E-state index contributed by atoms with van der Waals surface area (Å²) < 4.78 is 14.3. The number of halogens is 1. The summed E-state index contributed by atoms with van der Waals surface area (Å²) >= 11 is 1.68. The molecule has 17 heavy (non-hydrogen) atoms. The maximum atomic E-state index is 14.3. The van der Waals surface area contributed by atoms with Crippen molar-refractivity contribution in [2.45, 2.75) is 26.1 Å². The third-order valence-corrected chi connectivity index (χ3v) is 4.36. The average Bonchev–Trinajstić information content (AvgIpc) is 2.72. The van der Waals surface area contributed by atoms with E-state index in [9.17, 15) is 4.39 Å². The van der Waals surface area contributed by atoms with Gasteiger partial charge < -0.3 is 4.90 Å². The van der Waals surface area contributed by atoms with Crippen LogP contribution in [0.25, 0.3) is 0 Å². The molecule has 2 rings (SSSR count).